The minimum Gasteiger partial charge on any atom is -0.481 e. The lowest BCUT2D eigenvalue weighted by Gasteiger charge is -2.14. The summed E-state index contributed by atoms with van der Waals surface area (Å²) in [6.07, 6.45) is 0.351. The average Bonchev–Trinajstić information content (AvgIpc) is 2.88. The monoisotopic (exact) mass is 320 g/mol. The minimum atomic E-state index is -0.902. The molecule has 0 radical (unpaired) electrons. The number of aryl methyl sites for hydroxylation is 1. The number of carboxylic acids is 1. The highest BCUT2D eigenvalue weighted by Crippen LogP contribution is 2.11. The number of aliphatic carboxylic acids is 1. The molecule has 1 aromatic heterocycles. The Balaban J connectivity index is 2.11. The maximum Gasteiger partial charge on any atom is 0.303 e. The Bertz CT molecular complexity index is 712. The molecule has 0 aliphatic carbocycles. The molecule has 122 valence electrons. The molecule has 1 amide bonds. The van der Waals surface area contributed by atoms with Crippen LogP contribution in [0.1, 0.15) is 29.3 Å². The number of nitrogens with zero attached hydrogens (tertiary/aromatic N) is 4. The molecule has 0 saturated carbocycles. The number of carboxylic acid groups (broad SMARTS) is 1. The third kappa shape index (κ3) is 4.12. The fourth-order valence-electron chi connectivity index (χ4n) is 2.05. The number of benzene rings is 1. The summed E-state index contributed by atoms with van der Waals surface area (Å²) in [4.78, 5) is 28.2. The molecule has 0 atom stereocenters. The van der Waals surface area contributed by atoms with Crippen LogP contribution in [0.4, 0.5) is 4.39 Å². The first kappa shape index (κ1) is 16.6. The van der Waals surface area contributed by atoms with Gasteiger partial charge in [0, 0.05) is 20.0 Å². The molecule has 0 aliphatic heterocycles. The van der Waals surface area contributed by atoms with E-state index >= 15 is 0 Å². The maximum absolute atomic E-state index is 13.0. The van der Waals surface area contributed by atoms with Gasteiger partial charge in [0.25, 0.3) is 5.91 Å². The molecular weight excluding hydrogens is 303 g/mol. The number of rotatable bonds is 6. The van der Waals surface area contributed by atoms with Crippen molar-refractivity contribution in [2.75, 3.05) is 13.6 Å². The van der Waals surface area contributed by atoms with Crippen LogP contribution in [-0.4, -0.2) is 50.2 Å². The zero-order valence-electron chi connectivity index (χ0n) is 12.9. The highest BCUT2D eigenvalue weighted by Gasteiger charge is 2.19. The van der Waals surface area contributed by atoms with E-state index in [0.29, 0.717) is 24.5 Å². The van der Waals surface area contributed by atoms with Gasteiger partial charge in [-0.05, 0) is 37.6 Å². The van der Waals surface area contributed by atoms with Gasteiger partial charge in [0.2, 0.25) is 5.82 Å². The Labute approximate surface area is 132 Å². The first-order chi connectivity index (χ1) is 10.9. The summed E-state index contributed by atoms with van der Waals surface area (Å²) in [5.41, 5.74) is 0.601. The molecule has 0 unspecified atom stereocenters. The van der Waals surface area contributed by atoms with Crippen molar-refractivity contribution in [2.24, 2.45) is 0 Å². The molecule has 1 N–H and O–H groups in total. The maximum atomic E-state index is 13.0. The van der Waals surface area contributed by atoms with Gasteiger partial charge in [0.15, 0.2) is 0 Å². The fourth-order valence-corrected chi connectivity index (χ4v) is 2.05. The van der Waals surface area contributed by atoms with E-state index in [1.165, 1.54) is 21.7 Å². The van der Waals surface area contributed by atoms with Crippen molar-refractivity contribution in [2.45, 2.75) is 19.8 Å². The molecule has 1 heterocycles. The van der Waals surface area contributed by atoms with Crippen molar-refractivity contribution in [3.63, 3.8) is 0 Å². The fraction of sp³-hybridized carbons (Fsp3) is 0.333. The van der Waals surface area contributed by atoms with Gasteiger partial charge in [-0.1, -0.05) is 0 Å². The van der Waals surface area contributed by atoms with Crippen LogP contribution in [0.3, 0.4) is 0 Å². The van der Waals surface area contributed by atoms with Crippen LogP contribution in [0.5, 0.6) is 0 Å². The highest BCUT2D eigenvalue weighted by molar-refractivity contribution is 5.90. The van der Waals surface area contributed by atoms with E-state index in [4.69, 9.17) is 5.11 Å². The normalized spacial score (nSPS) is 10.6. The predicted molar refractivity (Wildman–Crippen MR) is 79.9 cm³/mol. The van der Waals surface area contributed by atoms with Gasteiger partial charge in [0.1, 0.15) is 11.6 Å². The molecule has 1 aromatic carbocycles. The molecule has 0 aliphatic rings. The Hall–Kier alpha value is -2.77. The van der Waals surface area contributed by atoms with Crippen molar-refractivity contribution in [3.8, 4) is 5.69 Å². The lowest BCUT2D eigenvalue weighted by Crippen LogP contribution is -2.29. The van der Waals surface area contributed by atoms with Gasteiger partial charge in [-0.25, -0.2) is 14.1 Å². The molecule has 0 spiro atoms. The third-order valence-electron chi connectivity index (χ3n) is 3.26. The molecule has 0 fully saturated rings. The van der Waals surface area contributed by atoms with E-state index in [1.54, 1.807) is 26.1 Å². The Morgan fingerprint density at radius 1 is 1.30 bits per heavy atom. The van der Waals surface area contributed by atoms with Crippen LogP contribution in [0.25, 0.3) is 5.69 Å². The van der Waals surface area contributed by atoms with Crippen LogP contribution < -0.4 is 0 Å². The summed E-state index contributed by atoms with van der Waals surface area (Å²) in [5.74, 6) is -1.13. The van der Waals surface area contributed by atoms with Crippen molar-refractivity contribution < 1.29 is 19.1 Å². The minimum absolute atomic E-state index is 0.00586. The zero-order chi connectivity index (χ0) is 17.0. The summed E-state index contributed by atoms with van der Waals surface area (Å²) in [6, 6.07) is 5.69. The number of hydrogen-bond acceptors (Lipinski definition) is 4. The third-order valence-corrected chi connectivity index (χ3v) is 3.26. The summed E-state index contributed by atoms with van der Waals surface area (Å²) >= 11 is 0. The molecule has 0 saturated heterocycles. The van der Waals surface area contributed by atoms with Crippen molar-refractivity contribution in [1.82, 2.24) is 19.7 Å². The van der Waals surface area contributed by atoms with E-state index in [1.807, 2.05) is 0 Å². The van der Waals surface area contributed by atoms with E-state index in [2.05, 4.69) is 10.1 Å². The molecule has 2 rings (SSSR count). The quantitative estimate of drug-likeness (QED) is 0.874. The van der Waals surface area contributed by atoms with Gasteiger partial charge in [-0.3, -0.25) is 9.59 Å². The Morgan fingerprint density at radius 2 is 1.96 bits per heavy atom. The van der Waals surface area contributed by atoms with Crippen LogP contribution in [0.15, 0.2) is 24.3 Å². The molecule has 2 aromatic rings. The Kier molecular flexibility index (Phi) is 5.05. The smallest absolute Gasteiger partial charge is 0.303 e. The average molecular weight is 320 g/mol. The lowest BCUT2D eigenvalue weighted by atomic mass is 10.3. The number of carbonyl (C=O) groups is 2. The second-order valence-corrected chi connectivity index (χ2v) is 5.09. The molecule has 0 bridgehead atoms. The van der Waals surface area contributed by atoms with E-state index in [0.717, 1.165) is 0 Å². The van der Waals surface area contributed by atoms with E-state index < -0.39 is 5.97 Å². The van der Waals surface area contributed by atoms with Crippen LogP contribution in [0, 0.1) is 12.7 Å². The van der Waals surface area contributed by atoms with Gasteiger partial charge < -0.3 is 10.0 Å². The number of hydrogen-bond donors (Lipinski definition) is 1. The van der Waals surface area contributed by atoms with Crippen LogP contribution >= 0.6 is 0 Å². The largest absolute Gasteiger partial charge is 0.481 e. The summed E-state index contributed by atoms with van der Waals surface area (Å²) in [7, 11) is 1.57. The molecule has 8 heteroatoms. The van der Waals surface area contributed by atoms with Crippen molar-refractivity contribution in [1.29, 1.82) is 0 Å². The zero-order valence-corrected chi connectivity index (χ0v) is 12.9. The highest BCUT2D eigenvalue weighted by atomic mass is 19.1. The number of aromatic nitrogens is 3. The van der Waals surface area contributed by atoms with Gasteiger partial charge in [-0.15, -0.1) is 5.10 Å². The summed E-state index contributed by atoms with van der Waals surface area (Å²) in [5, 5.41) is 12.8. The predicted octanol–water partition coefficient (Wildman–Crippen LogP) is 1.65. The summed E-state index contributed by atoms with van der Waals surface area (Å²) < 4.78 is 14.4. The standard InChI is InChI=1S/C15H17FN4O3/c1-10-17-14(15(23)19(2)9-3-4-13(21)22)18-20(10)12-7-5-11(16)6-8-12/h5-8H,3-4,9H2,1-2H3,(H,21,22). The molecule has 7 nitrogen and oxygen atoms in total. The summed E-state index contributed by atoms with van der Waals surface area (Å²) in [6.45, 7) is 1.99. The molecule has 23 heavy (non-hydrogen) atoms. The lowest BCUT2D eigenvalue weighted by molar-refractivity contribution is -0.137. The topological polar surface area (TPSA) is 88.3 Å². The number of amides is 1. The number of halogens is 1. The van der Waals surface area contributed by atoms with E-state index in [-0.39, 0.29) is 24.0 Å². The van der Waals surface area contributed by atoms with Crippen LogP contribution in [0.2, 0.25) is 0 Å². The van der Waals surface area contributed by atoms with Gasteiger partial charge in [0.05, 0.1) is 5.69 Å². The van der Waals surface area contributed by atoms with Crippen molar-refractivity contribution in [3.05, 3.63) is 41.7 Å². The first-order valence-electron chi connectivity index (χ1n) is 7.05. The van der Waals surface area contributed by atoms with Gasteiger partial charge >= 0.3 is 5.97 Å². The first-order valence-corrected chi connectivity index (χ1v) is 7.05. The Morgan fingerprint density at radius 3 is 2.57 bits per heavy atom. The van der Waals surface area contributed by atoms with Crippen molar-refractivity contribution >= 4 is 11.9 Å². The second-order valence-electron chi connectivity index (χ2n) is 5.09. The van der Waals surface area contributed by atoms with E-state index in [9.17, 15) is 14.0 Å². The molecular formula is C15H17FN4O3. The van der Waals surface area contributed by atoms with Gasteiger partial charge in [-0.2, -0.15) is 0 Å². The SMILES string of the molecule is Cc1nc(C(=O)N(C)CCCC(=O)O)nn1-c1ccc(F)cc1. The number of carbonyl (C=O) groups excluding carboxylic acids is 1. The van der Waals surface area contributed by atoms with Crippen LogP contribution in [-0.2, 0) is 4.79 Å². The second kappa shape index (κ2) is 6.99.